The number of piperidine rings is 1. The van der Waals surface area contributed by atoms with Crippen molar-refractivity contribution in [3.05, 3.63) is 59.0 Å². The summed E-state index contributed by atoms with van der Waals surface area (Å²) in [5.74, 6) is 0.670. The minimum Gasteiger partial charge on any atom is -0.454 e. The summed E-state index contributed by atoms with van der Waals surface area (Å²) in [5, 5.41) is 3.98. The van der Waals surface area contributed by atoms with E-state index in [1.54, 1.807) is 18.2 Å². The lowest BCUT2D eigenvalue weighted by molar-refractivity contribution is -0.143. The molecule has 0 aliphatic carbocycles. The van der Waals surface area contributed by atoms with Crippen LogP contribution in [0, 0.1) is 0 Å². The minimum atomic E-state index is -5.03. The van der Waals surface area contributed by atoms with Crippen molar-refractivity contribution in [3.63, 3.8) is 0 Å². The van der Waals surface area contributed by atoms with Gasteiger partial charge in [0.05, 0.1) is 11.1 Å². The van der Waals surface area contributed by atoms with Crippen LogP contribution in [0.25, 0.3) is 11.4 Å². The number of amides is 1. The van der Waals surface area contributed by atoms with Gasteiger partial charge in [0, 0.05) is 30.1 Å². The molecule has 1 amide bonds. The van der Waals surface area contributed by atoms with Crippen LogP contribution in [-0.4, -0.2) is 40.8 Å². The number of halogens is 6. The van der Waals surface area contributed by atoms with Gasteiger partial charge in [0.25, 0.3) is 5.91 Å². The summed E-state index contributed by atoms with van der Waals surface area (Å²) in [4.78, 5) is 18.4. The summed E-state index contributed by atoms with van der Waals surface area (Å²) < 4.78 is 94.8. The first-order valence-electron chi connectivity index (χ1n) is 10.8. The molecule has 190 valence electrons. The average Bonchev–Trinajstić information content (AvgIpc) is 3.52. The molecular formula is C23H17F6N3O4. The van der Waals surface area contributed by atoms with Crippen molar-refractivity contribution in [2.24, 2.45) is 0 Å². The van der Waals surface area contributed by atoms with E-state index in [2.05, 4.69) is 10.1 Å². The molecule has 7 nitrogen and oxygen atoms in total. The maximum absolute atomic E-state index is 13.1. The van der Waals surface area contributed by atoms with Gasteiger partial charge < -0.3 is 18.9 Å². The molecule has 1 saturated heterocycles. The number of likely N-dealkylation sites (tertiary alicyclic amines) is 1. The number of carbonyl (C=O) groups is 1. The van der Waals surface area contributed by atoms with Gasteiger partial charge >= 0.3 is 12.4 Å². The largest absolute Gasteiger partial charge is 0.454 e. The van der Waals surface area contributed by atoms with E-state index in [-0.39, 0.29) is 31.9 Å². The molecule has 3 heterocycles. The van der Waals surface area contributed by atoms with Gasteiger partial charge in [-0.05, 0) is 49.2 Å². The van der Waals surface area contributed by atoms with E-state index in [1.165, 1.54) is 4.90 Å². The van der Waals surface area contributed by atoms with Crippen LogP contribution >= 0.6 is 0 Å². The van der Waals surface area contributed by atoms with Crippen LogP contribution in [0.1, 0.15) is 46.1 Å². The predicted octanol–water partition coefficient (Wildman–Crippen LogP) is 5.52. The van der Waals surface area contributed by atoms with Gasteiger partial charge in [0.1, 0.15) is 0 Å². The molecular weight excluding hydrogens is 496 g/mol. The molecule has 1 fully saturated rings. The fourth-order valence-corrected chi connectivity index (χ4v) is 4.14. The van der Waals surface area contributed by atoms with E-state index < -0.39 is 35.0 Å². The Kier molecular flexibility index (Phi) is 5.80. The van der Waals surface area contributed by atoms with Crippen molar-refractivity contribution in [2.75, 3.05) is 19.9 Å². The average molecular weight is 513 g/mol. The molecule has 2 aliphatic rings. The summed E-state index contributed by atoms with van der Waals surface area (Å²) in [6.45, 7) is 0.317. The second-order valence-corrected chi connectivity index (χ2v) is 8.39. The van der Waals surface area contributed by atoms with Crippen molar-refractivity contribution in [1.29, 1.82) is 0 Å². The fraction of sp³-hybridized carbons (Fsp3) is 0.348. The number of carbonyl (C=O) groups excluding carboxylic acids is 1. The summed E-state index contributed by atoms with van der Waals surface area (Å²) in [6, 6.07) is 6.06. The van der Waals surface area contributed by atoms with Crippen LogP contribution in [0.5, 0.6) is 11.5 Å². The lowest BCUT2D eigenvalue weighted by atomic mass is 9.95. The highest BCUT2D eigenvalue weighted by atomic mass is 19.4. The number of nitrogens with zero attached hydrogens (tertiary/aromatic N) is 3. The molecule has 0 saturated carbocycles. The van der Waals surface area contributed by atoms with Gasteiger partial charge in [-0.3, -0.25) is 4.79 Å². The van der Waals surface area contributed by atoms with Crippen LogP contribution in [0.2, 0.25) is 0 Å². The van der Waals surface area contributed by atoms with E-state index in [9.17, 15) is 31.1 Å². The Morgan fingerprint density at radius 3 is 2.17 bits per heavy atom. The van der Waals surface area contributed by atoms with Crippen molar-refractivity contribution in [1.82, 2.24) is 15.0 Å². The van der Waals surface area contributed by atoms with Gasteiger partial charge in [0.2, 0.25) is 18.5 Å². The second kappa shape index (κ2) is 8.71. The first kappa shape index (κ1) is 23.9. The Morgan fingerprint density at radius 2 is 1.53 bits per heavy atom. The number of fused-ring (bicyclic) bond motifs is 1. The zero-order chi connectivity index (χ0) is 25.7. The monoisotopic (exact) mass is 513 g/mol. The summed E-state index contributed by atoms with van der Waals surface area (Å²) >= 11 is 0. The first-order chi connectivity index (χ1) is 17.0. The molecule has 3 aromatic rings. The van der Waals surface area contributed by atoms with Gasteiger partial charge in [-0.1, -0.05) is 5.16 Å². The van der Waals surface area contributed by atoms with Crippen molar-refractivity contribution < 1.29 is 45.1 Å². The topological polar surface area (TPSA) is 77.7 Å². The van der Waals surface area contributed by atoms with Gasteiger partial charge in [-0.2, -0.15) is 31.3 Å². The fourth-order valence-electron chi connectivity index (χ4n) is 4.14. The standard InChI is InChI=1S/C23H17F6N3O4/c24-22(25,26)15-7-14(8-16(10-15)23(27,28)29)21(33)32-5-3-12(4-6-32)20-30-19(31-36-20)13-1-2-17-18(9-13)35-11-34-17/h1-2,7-10,12H,3-6,11H2. The summed E-state index contributed by atoms with van der Waals surface area (Å²) in [7, 11) is 0. The minimum absolute atomic E-state index is 0.00365. The number of aromatic nitrogens is 2. The molecule has 0 atom stereocenters. The zero-order valence-corrected chi connectivity index (χ0v) is 18.3. The van der Waals surface area contributed by atoms with E-state index in [4.69, 9.17) is 14.0 Å². The molecule has 0 spiro atoms. The highest BCUT2D eigenvalue weighted by Crippen LogP contribution is 2.38. The normalized spacial score (nSPS) is 16.4. The Morgan fingerprint density at radius 1 is 0.889 bits per heavy atom. The number of rotatable bonds is 3. The molecule has 5 rings (SSSR count). The van der Waals surface area contributed by atoms with Crippen LogP contribution in [0.3, 0.4) is 0 Å². The third-order valence-corrected chi connectivity index (χ3v) is 6.04. The van der Waals surface area contributed by atoms with Gasteiger partial charge in [-0.25, -0.2) is 0 Å². The number of ether oxygens (including phenoxy) is 2. The smallest absolute Gasteiger partial charge is 0.416 e. The van der Waals surface area contributed by atoms with Gasteiger partial charge in [-0.15, -0.1) is 0 Å². The van der Waals surface area contributed by atoms with Crippen LogP contribution in [-0.2, 0) is 12.4 Å². The first-order valence-corrected chi connectivity index (χ1v) is 10.8. The van der Waals surface area contributed by atoms with E-state index >= 15 is 0 Å². The Hall–Kier alpha value is -3.77. The molecule has 0 bridgehead atoms. The van der Waals surface area contributed by atoms with E-state index in [0.717, 1.165) is 0 Å². The van der Waals surface area contributed by atoms with Crippen molar-refractivity contribution in [3.8, 4) is 22.9 Å². The quantitative estimate of drug-likeness (QED) is 0.429. The molecule has 1 aromatic heterocycles. The molecule has 36 heavy (non-hydrogen) atoms. The van der Waals surface area contributed by atoms with E-state index in [0.29, 0.717) is 53.8 Å². The summed E-state index contributed by atoms with van der Waals surface area (Å²) in [5.41, 5.74) is -3.08. The summed E-state index contributed by atoms with van der Waals surface area (Å²) in [6.07, 6.45) is -9.37. The third-order valence-electron chi connectivity index (χ3n) is 6.04. The maximum atomic E-state index is 13.1. The number of hydrogen-bond donors (Lipinski definition) is 0. The molecule has 0 radical (unpaired) electrons. The highest BCUT2D eigenvalue weighted by Gasteiger charge is 2.38. The molecule has 13 heteroatoms. The lowest BCUT2D eigenvalue weighted by Crippen LogP contribution is -2.38. The third kappa shape index (κ3) is 4.69. The number of alkyl halides is 6. The van der Waals surface area contributed by atoms with Crippen LogP contribution < -0.4 is 9.47 Å². The maximum Gasteiger partial charge on any atom is 0.416 e. The molecule has 2 aliphatic heterocycles. The zero-order valence-electron chi connectivity index (χ0n) is 18.3. The predicted molar refractivity (Wildman–Crippen MR) is 110 cm³/mol. The van der Waals surface area contributed by atoms with Gasteiger partial charge in [0.15, 0.2) is 11.5 Å². The molecule has 0 unspecified atom stereocenters. The van der Waals surface area contributed by atoms with Crippen molar-refractivity contribution in [2.45, 2.75) is 31.1 Å². The number of hydrogen-bond acceptors (Lipinski definition) is 6. The van der Waals surface area contributed by atoms with Crippen LogP contribution in [0.15, 0.2) is 40.9 Å². The molecule has 0 N–H and O–H groups in total. The molecule has 2 aromatic carbocycles. The SMILES string of the molecule is O=C(c1cc(C(F)(F)F)cc(C(F)(F)F)c1)N1CCC(c2nc(-c3ccc4c(c3)OCO4)no2)CC1. The Balaban J connectivity index is 1.29. The highest BCUT2D eigenvalue weighted by molar-refractivity contribution is 5.94. The Labute approximate surface area is 199 Å². The van der Waals surface area contributed by atoms with Crippen LogP contribution in [0.4, 0.5) is 26.3 Å². The number of benzene rings is 2. The lowest BCUT2D eigenvalue weighted by Gasteiger charge is -2.30. The second-order valence-electron chi connectivity index (χ2n) is 8.39. The van der Waals surface area contributed by atoms with Crippen molar-refractivity contribution >= 4 is 5.91 Å². The van der Waals surface area contributed by atoms with E-state index in [1.807, 2.05) is 0 Å². The Bertz CT molecular complexity index is 1260.